The molecule has 1 fully saturated rings. The molecule has 0 saturated carbocycles. The third-order valence-electron chi connectivity index (χ3n) is 5.61. The first-order valence-corrected chi connectivity index (χ1v) is 10.0. The average molecular weight is 324 g/mol. The van der Waals surface area contributed by atoms with Crippen molar-refractivity contribution in [3.63, 3.8) is 0 Å². The lowest BCUT2D eigenvalue weighted by Gasteiger charge is -2.27. The van der Waals surface area contributed by atoms with E-state index in [4.69, 9.17) is 0 Å². The number of hydrogen-bond acceptors (Lipinski definition) is 1. The van der Waals surface area contributed by atoms with Crippen LogP contribution in [0, 0.1) is 5.92 Å². The van der Waals surface area contributed by atoms with E-state index in [1.165, 1.54) is 81.3 Å². The number of nitrogens with zero attached hydrogens (tertiary/aromatic N) is 1. The Morgan fingerprint density at radius 1 is 0.875 bits per heavy atom. The largest absolute Gasteiger partial charge is 0.303 e. The highest BCUT2D eigenvalue weighted by molar-refractivity contribution is 5.49. The van der Waals surface area contributed by atoms with E-state index in [1.54, 1.807) is 0 Å². The van der Waals surface area contributed by atoms with Crippen LogP contribution in [0.3, 0.4) is 0 Å². The molecule has 130 valence electrons. The second-order valence-electron chi connectivity index (χ2n) is 7.52. The summed E-state index contributed by atoms with van der Waals surface area (Å²) in [6.45, 7) is 6.29. The molecule has 1 aliphatic heterocycles. The molecule has 1 unspecified atom stereocenters. The van der Waals surface area contributed by atoms with E-state index in [0.717, 1.165) is 6.42 Å². The van der Waals surface area contributed by atoms with Gasteiger partial charge in [-0.2, -0.15) is 0 Å². The van der Waals surface area contributed by atoms with E-state index in [-0.39, 0.29) is 0 Å². The Labute approximate surface area is 148 Å². The quantitative estimate of drug-likeness (QED) is 0.602. The highest BCUT2D eigenvalue weighted by atomic mass is 15.1. The Bertz CT molecular complexity index is 553. The molecule has 0 aromatic carbocycles. The Morgan fingerprint density at radius 3 is 2.58 bits per heavy atom. The van der Waals surface area contributed by atoms with Crippen molar-refractivity contribution in [2.24, 2.45) is 5.92 Å². The first kappa shape index (κ1) is 17.5. The van der Waals surface area contributed by atoms with Gasteiger partial charge in [-0.15, -0.1) is 0 Å². The van der Waals surface area contributed by atoms with E-state index in [9.17, 15) is 0 Å². The summed E-state index contributed by atoms with van der Waals surface area (Å²) < 4.78 is 0. The van der Waals surface area contributed by atoms with Crippen molar-refractivity contribution in [1.29, 1.82) is 0 Å². The summed E-state index contributed by atoms with van der Waals surface area (Å²) in [6, 6.07) is 0. The molecule has 0 N–H and O–H groups in total. The van der Waals surface area contributed by atoms with Crippen LogP contribution in [0.4, 0.5) is 0 Å². The number of piperidine rings is 1. The van der Waals surface area contributed by atoms with E-state index < -0.39 is 0 Å². The van der Waals surface area contributed by atoms with Gasteiger partial charge >= 0.3 is 0 Å². The van der Waals surface area contributed by atoms with Crippen LogP contribution >= 0.6 is 0 Å². The van der Waals surface area contributed by atoms with E-state index in [1.807, 2.05) is 0 Å². The summed E-state index contributed by atoms with van der Waals surface area (Å²) in [5.41, 5.74) is 4.35. The highest BCUT2D eigenvalue weighted by Gasteiger charge is 2.13. The Morgan fingerprint density at radius 2 is 1.71 bits per heavy atom. The fourth-order valence-corrected chi connectivity index (χ4v) is 3.94. The molecule has 3 rings (SSSR count). The summed E-state index contributed by atoms with van der Waals surface area (Å²) in [6.07, 6.45) is 26.9. The molecule has 24 heavy (non-hydrogen) atoms. The third-order valence-corrected chi connectivity index (χ3v) is 5.61. The summed E-state index contributed by atoms with van der Waals surface area (Å²) in [7, 11) is 0. The minimum absolute atomic E-state index is 0.662. The van der Waals surface area contributed by atoms with Crippen LogP contribution in [0.2, 0.25) is 0 Å². The van der Waals surface area contributed by atoms with Crippen LogP contribution in [-0.2, 0) is 0 Å². The lowest BCUT2D eigenvalue weighted by Crippen LogP contribution is -2.31. The average Bonchev–Trinajstić information content (AvgIpc) is 3.03. The molecule has 0 aromatic rings. The lowest BCUT2D eigenvalue weighted by molar-refractivity contribution is 0.219. The van der Waals surface area contributed by atoms with Crippen molar-refractivity contribution in [2.75, 3.05) is 19.6 Å². The van der Waals surface area contributed by atoms with Gasteiger partial charge in [0.15, 0.2) is 0 Å². The van der Waals surface area contributed by atoms with Gasteiger partial charge in [-0.3, -0.25) is 0 Å². The number of allylic oxidation sites excluding steroid dienone is 10. The van der Waals surface area contributed by atoms with Crippen LogP contribution in [-0.4, -0.2) is 24.5 Å². The summed E-state index contributed by atoms with van der Waals surface area (Å²) in [5, 5.41) is 0. The molecule has 0 aromatic heterocycles. The Hall–Kier alpha value is -1.34. The van der Waals surface area contributed by atoms with E-state index in [0.29, 0.717) is 5.92 Å². The molecule has 1 saturated heterocycles. The van der Waals surface area contributed by atoms with Gasteiger partial charge in [-0.1, -0.05) is 55.9 Å². The third kappa shape index (κ3) is 5.08. The molecule has 0 amide bonds. The maximum Gasteiger partial charge on any atom is -0.00130 e. The zero-order valence-corrected chi connectivity index (χ0v) is 15.3. The predicted octanol–water partition coefficient (Wildman–Crippen LogP) is 5.98. The molecular weight excluding hydrogens is 290 g/mol. The lowest BCUT2D eigenvalue weighted by atomic mass is 9.95. The molecule has 1 heterocycles. The van der Waals surface area contributed by atoms with Gasteiger partial charge in [0.2, 0.25) is 0 Å². The molecule has 3 aliphatic rings. The van der Waals surface area contributed by atoms with Gasteiger partial charge in [0, 0.05) is 0 Å². The van der Waals surface area contributed by atoms with Crippen LogP contribution in [0.15, 0.2) is 59.3 Å². The minimum atomic E-state index is 0.662. The van der Waals surface area contributed by atoms with Crippen molar-refractivity contribution in [3.8, 4) is 0 Å². The molecule has 1 nitrogen and oxygen atoms in total. The van der Waals surface area contributed by atoms with Crippen molar-refractivity contribution >= 4 is 0 Å². The SMILES string of the molecule is CC(CCN1CCCCC1)C1=CCC=C(C2=CCCCC=C2)C=C1. The standard InChI is InChI=1S/C23H33N/c1-20(16-19-24-17-7-4-8-18-24)21-12-9-13-23(15-14-21)22-10-5-2-3-6-11-22/h5,10-15,20H,2-4,6-9,16-19H2,1H3. The number of rotatable bonds is 5. The maximum atomic E-state index is 2.66. The highest BCUT2D eigenvalue weighted by Crippen LogP contribution is 2.26. The summed E-state index contributed by atoms with van der Waals surface area (Å²) in [5.74, 6) is 0.662. The van der Waals surface area contributed by atoms with Gasteiger partial charge in [-0.05, 0) is 87.2 Å². The van der Waals surface area contributed by atoms with Gasteiger partial charge < -0.3 is 4.90 Å². The van der Waals surface area contributed by atoms with Crippen molar-refractivity contribution in [2.45, 2.75) is 58.3 Å². The van der Waals surface area contributed by atoms with Gasteiger partial charge in [0.25, 0.3) is 0 Å². The fourth-order valence-electron chi connectivity index (χ4n) is 3.94. The van der Waals surface area contributed by atoms with Crippen LogP contribution in [0.25, 0.3) is 0 Å². The van der Waals surface area contributed by atoms with Crippen LogP contribution in [0.5, 0.6) is 0 Å². The van der Waals surface area contributed by atoms with Crippen LogP contribution < -0.4 is 0 Å². The van der Waals surface area contributed by atoms with Crippen molar-refractivity contribution in [3.05, 3.63) is 59.3 Å². The van der Waals surface area contributed by atoms with Gasteiger partial charge in [-0.25, -0.2) is 0 Å². The van der Waals surface area contributed by atoms with Crippen molar-refractivity contribution < 1.29 is 0 Å². The van der Waals surface area contributed by atoms with E-state index >= 15 is 0 Å². The zero-order valence-electron chi connectivity index (χ0n) is 15.3. The zero-order chi connectivity index (χ0) is 16.6. The molecule has 0 spiro atoms. The maximum absolute atomic E-state index is 2.66. The first-order valence-electron chi connectivity index (χ1n) is 10.0. The van der Waals surface area contributed by atoms with Gasteiger partial charge in [0.05, 0.1) is 0 Å². The topological polar surface area (TPSA) is 3.24 Å². The molecule has 1 heteroatoms. The second-order valence-corrected chi connectivity index (χ2v) is 7.52. The minimum Gasteiger partial charge on any atom is -0.303 e. The number of hydrogen-bond donors (Lipinski definition) is 0. The molecule has 1 atom stereocenters. The summed E-state index contributed by atoms with van der Waals surface area (Å²) >= 11 is 0. The second kappa shape index (κ2) is 9.22. The normalized spacial score (nSPS) is 23.8. The molecule has 0 bridgehead atoms. The Balaban J connectivity index is 1.54. The predicted molar refractivity (Wildman–Crippen MR) is 105 cm³/mol. The monoisotopic (exact) mass is 323 g/mol. The molecule has 0 radical (unpaired) electrons. The van der Waals surface area contributed by atoms with Crippen LogP contribution in [0.1, 0.15) is 58.3 Å². The number of likely N-dealkylation sites (tertiary alicyclic amines) is 1. The van der Waals surface area contributed by atoms with Gasteiger partial charge in [0.1, 0.15) is 0 Å². The smallest absolute Gasteiger partial charge is 0.00130 e. The van der Waals surface area contributed by atoms with E-state index in [2.05, 4.69) is 54.4 Å². The first-order chi connectivity index (χ1) is 11.8. The van der Waals surface area contributed by atoms with Crippen molar-refractivity contribution in [1.82, 2.24) is 4.90 Å². The summed E-state index contributed by atoms with van der Waals surface area (Å²) in [4.78, 5) is 2.66. The fraction of sp³-hybridized carbons (Fsp3) is 0.565. The molecular formula is C23H33N. The Kier molecular flexibility index (Phi) is 6.72. The molecule has 2 aliphatic carbocycles.